The van der Waals surface area contributed by atoms with Crippen molar-refractivity contribution in [3.63, 3.8) is 0 Å². The van der Waals surface area contributed by atoms with Gasteiger partial charge in [0.05, 0.1) is 6.54 Å². The molecule has 2 N–H and O–H groups in total. The lowest BCUT2D eigenvalue weighted by Crippen LogP contribution is -2.33. The summed E-state index contributed by atoms with van der Waals surface area (Å²) in [6.07, 6.45) is 2.44. The maximum Gasteiger partial charge on any atom is 0.251 e. The smallest absolute Gasteiger partial charge is 0.251 e. The van der Waals surface area contributed by atoms with Crippen LogP contribution in [0.15, 0.2) is 54.6 Å². The third-order valence-corrected chi connectivity index (χ3v) is 4.75. The number of hydrogen-bond acceptors (Lipinski definition) is 3. The summed E-state index contributed by atoms with van der Waals surface area (Å²) < 4.78 is 0. The van der Waals surface area contributed by atoms with Crippen LogP contribution in [0.2, 0.25) is 0 Å². The number of carbonyl (C=O) groups excluding carboxylic acids is 2. The molecule has 0 aliphatic carbocycles. The number of amides is 2. The number of benzene rings is 2. The van der Waals surface area contributed by atoms with Crippen molar-refractivity contribution >= 4 is 23.2 Å². The number of hydrogen-bond donors (Lipinski definition) is 2. The molecule has 0 bridgehead atoms. The molecule has 1 heterocycles. The Balaban J connectivity index is 1.48. The van der Waals surface area contributed by atoms with Gasteiger partial charge in [0, 0.05) is 30.0 Å². The zero-order valence-electron chi connectivity index (χ0n) is 15.1. The van der Waals surface area contributed by atoms with Crippen LogP contribution in [0.3, 0.4) is 0 Å². The van der Waals surface area contributed by atoms with E-state index in [0.29, 0.717) is 5.56 Å². The topological polar surface area (TPSA) is 61.4 Å². The molecule has 1 saturated heterocycles. The first-order valence-corrected chi connectivity index (χ1v) is 9.10. The molecule has 2 aromatic rings. The van der Waals surface area contributed by atoms with Gasteiger partial charge in [-0.2, -0.15) is 0 Å². The molecule has 1 aliphatic heterocycles. The van der Waals surface area contributed by atoms with Gasteiger partial charge in [-0.1, -0.05) is 25.1 Å². The highest BCUT2D eigenvalue weighted by molar-refractivity contribution is 5.99. The number of rotatable bonds is 5. The monoisotopic (exact) mass is 351 g/mol. The molecule has 0 spiro atoms. The highest BCUT2D eigenvalue weighted by atomic mass is 16.2. The molecular weight excluding hydrogens is 326 g/mol. The molecule has 2 amide bonds. The van der Waals surface area contributed by atoms with Crippen molar-refractivity contribution < 1.29 is 9.59 Å². The van der Waals surface area contributed by atoms with E-state index in [1.54, 1.807) is 24.3 Å². The molecule has 0 saturated carbocycles. The van der Waals surface area contributed by atoms with Crippen molar-refractivity contribution in [1.82, 2.24) is 5.32 Å². The minimum absolute atomic E-state index is 0.0561. The zero-order chi connectivity index (χ0) is 18.4. The third kappa shape index (κ3) is 4.85. The lowest BCUT2D eigenvalue weighted by molar-refractivity contribution is -0.115. The first-order valence-electron chi connectivity index (χ1n) is 9.10. The minimum atomic E-state index is -0.254. The Morgan fingerprint density at radius 2 is 1.65 bits per heavy atom. The molecule has 2 aromatic carbocycles. The van der Waals surface area contributed by atoms with Crippen molar-refractivity contribution in [3.05, 3.63) is 60.2 Å². The standard InChI is InChI=1S/C21H25N3O2/c1-16-11-13-24(14-12-16)19-9-7-18(8-10-19)23-20(25)15-22-21(26)17-5-3-2-4-6-17/h2-10,16H,11-15H2,1H3,(H,22,26)(H,23,25). The number of piperidine rings is 1. The Morgan fingerprint density at radius 3 is 2.31 bits per heavy atom. The maximum absolute atomic E-state index is 12.0. The van der Waals surface area contributed by atoms with Gasteiger partial charge in [-0.15, -0.1) is 0 Å². The molecule has 5 heteroatoms. The van der Waals surface area contributed by atoms with Crippen molar-refractivity contribution in [2.24, 2.45) is 5.92 Å². The minimum Gasteiger partial charge on any atom is -0.372 e. The van der Waals surface area contributed by atoms with Crippen molar-refractivity contribution in [1.29, 1.82) is 0 Å². The predicted octanol–water partition coefficient (Wildman–Crippen LogP) is 3.29. The first-order chi connectivity index (χ1) is 12.6. The van der Waals surface area contributed by atoms with E-state index in [2.05, 4.69) is 22.5 Å². The number of anilines is 2. The SMILES string of the molecule is CC1CCN(c2ccc(NC(=O)CNC(=O)c3ccccc3)cc2)CC1. The van der Waals surface area contributed by atoms with Crippen LogP contribution in [0.1, 0.15) is 30.1 Å². The molecule has 5 nitrogen and oxygen atoms in total. The van der Waals surface area contributed by atoms with Crippen molar-refractivity contribution in [2.45, 2.75) is 19.8 Å². The summed E-state index contributed by atoms with van der Waals surface area (Å²) in [4.78, 5) is 26.4. The van der Waals surface area contributed by atoms with E-state index in [1.807, 2.05) is 30.3 Å². The summed E-state index contributed by atoms with van der Waals surface area (Å²) in [6, 6.07) is 16.7. The van der Waals surface area contributed by atoms with Gasteiger partial charge in [-0.05, 0) is 55.2 Å². The second-order valence-corrected chi connectivity index (χ2v) is 6.81. The summed E-state index contributed by atoms with van der Waals surface area (Å²) >= 11 is 0. The van der Waals surface area contributed by atoms with Gasteiger partial charge >= 0.3 is 0 Å². The van der Waals surface area contributed by atoms with Crippen molar-refractivity contribution in [3.8, 4) is 0 Å². The van der Waals surface area contributed by atoms with Crippen LogP contribution < -0.4 is 15.5 Å². The molecule has 0 radical (unpaired) electrons. The zero-order valence-corrected chi connectivity index (χ0v) is 15.1. The summed E-state index contributed by atoms with van der Waals surface area (Å²) in [5.41, 5.74) is 2.46. The van der Waals surface area contributed by atoms with Crippen LogP contribution in [0.25, 0.3) is 0 Å². The van der Waals surface area contributed by atoms with Gasteiger partial charge in [0.25, 0.3) is 5.91 Å². The normalized spacial score (nSPS) is 14.7. The van der Waals surface area contributed by atoms with Crippen LogP contribution in [-0.4, -0.2) is 31.4 Å². The van der Waals surface area contributed by atoms with E-state index >= 15 is 0 Å². The number of nitrogens with one attached hydrogen (secondary N) is 2. The Labute approximate surface area is 154 Å². The molecule has 3 rings (SSSR count). The number of carbonyl (C=O) groups is 2. The number of nitrogens with zero attached hydrogens (tertiary/aromatic N) is 1. The molecule has 26 heavy (non-hydrogen) atoms. The van der Waals surface area contributed by atoms with E-state index < -0.39 is 0 Å². The van der Waals surface area contributed by atoms with Crippen LogP contribution >= 0.6 is 0 Å². The summed E-state index contributed by atoms with van der Waals surface area (Å²) in [5, 5.41) is 5.44. The third-order valence-electron chi connectivity index (χ3n) is 4.75. The Bertz CT molecular complexity index is 736. The quantitative estimate of drug-likeness (QED) is 0.869. The van der Waals surface area contributed by atoms with Gasteiger partial charge in [0.2, 0.25) is 5.91 Å². The Kier molecular flexibility index (Phi) is 5.89. The van der Waals surface area contributed by atoms with E-state index in [0.717, 1.165) is 24.7 Å². The van der Waals surface area contributed by atoms with Gasteiger partial charge in [-0.3, -0.25) is 9.59 Å². The lowest BCUT2D eigenvalue weighted by Gasteiger charge is -2.32. The average Bonchev–Trinajstić information content (AvgIpc) is 2.68. The van der Waals surface area contributed by atoms with Gasteiger partial charge in [0.15, 0.2) is 0 Å². The van der Waals surface area contributed by atoms with Crippen LogP contribution in [0, 0.1) is 5.92 Å². The highest BCUT2D eigenvalue weighted by Gasteiger charge is 2.16. The Morgan fingerprint density at radius 1 is 1.00 bits per heavy atom. The van der Waals surface area contributed by atoms with E-state index in [4.69, 9.17) is 0 Å². The fraction of sp³-hybridized carbons (Fsp3) is 0.333. The fourth-order valence-corrected chi connectivity index (χ4v) is 3.08. The van der Waals surface area contributed by atoms with Crippen molar-refractivity contribution in [2.75, 3.05) is 29.9 Å². The summed E-state index contributed by atoms with van der Waals surface area (Å²) in [7, 11) is 0. The molecule has 1 fully saturated rings. The second kappa shape index (κ2) is 8.52. The van der Waals surface area contributed by atoms with Gasteiger partial charge in [-0.25, -0.2) is 0 Å². The lowest BCUT2D eigenvalue weighted by atomic mass is 9.99. The van der Waals surface area contributed by atoms with Crippen LogP contribution in [0.5, 0.6) is 0 Å². The van der Waals surface area contributed by atoms with E-state index in [-0.39, 0.29) is 18.4 Å². The summed E-state index contributed by atoms with van der Waals surface area (Å²) in [5.74, 6) is 0.306. The second-order valence-electron chi connectivity index (χ2n) is 6.81. The molecule has 136 valence electrons. The van der Waals surface area contributed by atoms with E-state index in [9.17, 15) is 9.59 Å². The predicted molar refractivity (Wildman–Crippen MR) is 104 cm³/mol. The average molecular weight is 351 g/mol. The van der Waals surface area contributed by atoms with Crippen LogP contribution in [-0.2, 0) is 4.79 Å². The molecular formula is C21H25N3O2. The molecule has 0 aromatic heterocycles. The fourth-order valence-electron chi connectivity index (χ4n) is 3.08. The summed E-state index contributed by atoms with van der Waals surface area (Å²) in [6.45, 7) is 4.41. The van der Waals surface area contributed by atoms with Gasteiger partial charge < -0.3 is 15.5 Å². The molecule has 1 aliphatic rings. The molecule has 0 atom stereocenters. The maximum atomic E-state index is 12.0. The largest absolute Gasteiger partial charge is 0.372 e. The van der Waals surface area contributed by atoms with Crippen LogP contribution in [0.4, 0.5) is 11.4 Å². The van der Waals surface area contributed by atoms with Gasteiger partial charge in [0.1, 0.15) is 0 Å². The highest BCUT2D eigenvalue weighted by Crippen LogP contribution is 2.24. The Hall–Kier alpha value is -2.82. The molecule has 0 unspecified atom stereocenters. The first kappa shape index (κ1) is 18.0. The van der Waals surface area contributed by atoms with E-state index in [1.165, 1.54) is 18.5 Å².